The number of rotatable bonds is 4. The second kappa shape index (κ2) is 4.95. The van der Waals surface area contributed by atoms with Gasteiger partial charge >= 0.3 is 11.9 Å². The largest absolute Gasteiger partial charge is 0.479 e. The van der Waals surface area contributed by atoms with E-state index in [2.05, 4.69) is 31.9 Å². The Bertz CT molecular complexity index is 414. The van der Waals surface area contributed by atoms with Gasteiger partial charge < -0.3 is 14.9 Å². The number of carboxylic acids is 2. The van der Waals surface area contributed by atoms with E-state index < -0.39 is 18.5 Å². The lowest BCUT2D eigenvalue weighted by atomic mass is 10.4. The summed E-state index contributed by atoms with van der Waals surface area (Å²) in [6.45, 7) is -0.521. The first-order valence-corrected chi connectivity index (χ1v) is 5.89. The van der Waals surface area contributed by atoms with Gasteiger partial charge in [-0.15, -0.1) is 11.3 Å². The number of hydrogen-bond donors (Lipinski definition) is 2. The van der Waals surface area contributed by atoms with Crippen LogP contribution in [0.4, 0.5) is 0 Å². The lowest BCUT2D eigenvalue weighted by molar-refractivity contribution is -0.139. The Labute approximate surface area is 105 Å². The summed E-state index contributed by atoms with van der Waals surface area (Å²) in [7, 11) is 0. The fourth-order valence-corrected chi connectivity index (χ4v) is 3.38. The zero-order chi connectivity index (χ0) is 11.6. The van der Waals surface area contributed by atoms with E-state index in [4.69, 9.17) is 14.9 Å². The van der Waals surface area contributed by atoms with Gasteiger partial charge in [0.25, 0.3) is 0 Å². The second-order valence-corrected chi connectivity index (χ2v) is 5.47. The molecule has 1 aromatic rings. The van der Waals surface area contributed by atoms with Crippen LogP contribution in [-0.2, 0) is 4.79 Å². The molecule has 0 aliphatic carbocycles. The van der Waals surface area contributed by atoms with Crippen molar-refractivity contribution in [3.05, 3.63) is 13.1 Å². The van der Waals surface area contributed by atoms with Gasteiger partial charge in [-0.2, -0.15) is 0 Å². The predicted octanol–water partition coefficient (Wildman–Crippen LogP) is 2.43. The third kappa shape index (κ3) is 2.93. The van der Waals surface area contributed by atoms with Crippen LogP contribution in [-0.4, -0.2) is 28.8 Å². The van der Waals surface area contributed by atoms with E-state index in [0.717, 1.165) is 11.3 Å². The Morgan fingerprint density at radius 1 is 1.33 bits per heavy atom. The summed E-state index contributed by atoms with van der Waals surface area (Å²) in [6.07, 6.45) is 0. The van der Waals surface area contributed by atoms with Crippen LogP contribution < -0.4 is 4.74 Å². The van der Waals surface area contributed by atoms with Crippen LogP contribution in [0.2, 0.25) is 0 Å². The van der Waals surface area contributed by atoms with E-state index in [-0.39, 0.29) is 15.1 Å². The maximum atomic E-state index is 10.7. The quantitative estimate of drug-likeness (QED) is 0.862. The van der Waals surface area contributed by atoms with Crippen molar-refractivity contribution in [1.82, 2.24) is 0 Å². The first-order chi connectivity index (χ1) is 6.93. The number of carboxylic acid groups (broad SMARTS) is 2. The molecule has 0 atom stereocenters. The number of aromatic carboxylic acids is 1. The molecular weight excluding hydrogens is 356 g/mol. The third-order valence-electron chi connectivity index (χ3n) is 1.30. The summed E-state index contributed by atoms with van der Waals surface area (Å²) < 4.78 is 5.60. The van der Waals surface area contributed by atoms with Gasteiger partial charge in [0.2, 0.25) is 0 Å². The van der Waals surface area contributed by atoms with Crippen molar-refractivity contribution in [3.8, 4) is 5.75 Å². The normalized spacial score (nSPS) is 10.0. The maximum absolute atomic E-state index is 10.7. The Kier molecular flexibility index (Phi) is 4.12. The monoisotopic (exact) mass is 358 g/mol. The first-order valence-electron chi connectivity index (χ1n) is 3.49. The number of carbonyl (C=O) groups is 2. The van der Waals surface area contributed by atoms with Crippen molar-refractivity contribution in [2.75, 3.05) is 6.61 Å². The van der Waals surface area contributed by atoms with E-state index >= 15 is 0 Å². The van der Waals surface area contributed by atoms with Crippen LogP contribution in [0.1, 0.15) is 9.67 Å². The highest BCUT2D eigenvalue weighted by molar-refractivity contribution is 9.11. The lowest BCUT2D eigenvalue weighted by Gasteiger charge is -2.01. The Hall–Kier alpha value is -0.600. The molecule has 0 saturated heterocycles. The summed E-state index contributed by atoms with van der Waals surface area (Å²) >= 11 is 7.08. The molecule has 5 nitrogen and oxygen atoms in total. The molecule has 1 aromatic heterocycles. The minimum absolute atomic E-state index is 0.0577. The van der Waals surface area contributed by atoms with Crippen LogP contribution in [0.3, 0.4) is 0 Å². The molecule has 2 N–H and O–H groups in total. The zero-order valence-electron chi connectivity index (χ0n) is 6.99. The molecule has 0 aliphatic rings. The molecule has 15 heavy (non-hydrogen) atoms. The molecule has 1 heterocycles. The highest BCUT2D eigenvalue weighted by Gasteiger charge is 2.21. The highest BCUT2D eigenvalue weighted by atomic mass is 79.9. The molecule has 0 spiro atoms. The summed E-state index contributed by atoms with van der Waals surface area (Å²) in [5, 5.41) is 17.2. The van der Waals surface area contributed by atoms with Gasteiger partial charge in [0.1, 0.15) is 8.66 Å². The minimum Gasteiger partial charge on any atom is -0.479 e. The minimum atomic E-state index is -1.13. The average Bonchev–Trinajstić information content (AvgIpc) is 2.39. The molecule has 0 amide bonds. The molecule has 0 aliphatic heterocycles. The van der Waals surface area contributed by atoms with E-state index in [0.29, 0.717) is 3.79 Å². The molecule has 8 heteroatoms. The van der Waals surface area contributed by atoms with Gasteiger partial charge in [0, 0.05) is 0 Å². The van der Waals surface area contributed by atoms with Crippen LogP contribution in [0.5, 0.6) is 5.75 Å². The van der Waals surface area contributed by atoms with Crippen molar-refractivity contribution >= 4 is 55.1 Å². The van der Waals surface area contributed by atoms with Gasteiger partial charge in [0.05, 0.1) is 4.47 Å². The fourth-order valence-electron chi connectivity index (χ4n) is 0.762. The molecule has 0 fully saturated rings. The highest BCUT2D eigenvalue weighted by Crippen LogP contribution is 2.43. The van der Waals surface area contributed by atoms with E-state index in [1.54, 1.807) is 0 Å². The van der Waals surface area contributed by atoms with Gasteiger partial charge in [-0.3, -0.25) is 0 Å². The van der Waals surface area contributed by atoms with Crippen molar-refractivity contribution in [2.45, 2.75) is 0 Å². The van der Waals surface area contributed by atoms with Crippen LogP contribution in [0.15, 0.2) is 8.26 Å². The van der Waals surface area contributed by atoms with Gasteiger partial charge in [-0.1, -0.05) is 0 Å². The van der Waals surface area contributed by atoms with Crippen LogP contribution >= 0.6 is 43.2 Å². The Morgan fingerprint density at radius 3 is 2.33 bits per heavy atom. The number of hydrogen-bond acceptors (Lipinski definition) is 4. The number of ether oxygens (including phenoxy) is 1. The lowest BCUT2D eigenvalue weighted by Crippen LogP contribution is -2.09. The molecule has 0 saturated carbocycles. The number of halogens is 2. The molecular formula is C7H4Br2O5S. The standard InChI is InChI=1S/C7H4Br2O5S/c8-3-4(14-1-2(10)11)6(9)15-5(3)7(12)13/h1H2,(H,10,11)(H,12,13). The number of aliphatic carboxylic acids is 1. The summed E-state index contributed by atoms with van der Waals surface area (Å²) in [4.78, 5) is 21.0. The van der Waals surface area contributed by atoms with Crippen LogP contribution in [0, 0.1) is 0 Å². The molecule has 0 unspecified atom stereocenters. The Balaban J connectivity index is 2.97. The Morgan fingerprint density at radius 2 is 1.93 bits per heavy atom. The van der Waals surface area contributed by atoms with Crippen LogP contribution in [0.25, 0.3) is 0 Å². The molecule has 0 bridgehead atoms. The number of thiophene rings is 1. The molecule has 0 aromatic carbocycles. The van der Waals surface area contributed by atoms with E-state index in [1.807, 2.05) is 0 Å². The third-order valence-corrected chi connectivity index (χ3v) is 4.12. The van der Waals surface area contributed by atoms with Gasteiger partial charge in [-0.25, -0.2) is 9.59 Å². The molecule has 1 rings (SSSR count). The van der Waals surface area contributed by atoms with Crippen molar-refractivity contribution in [3.63, 3.8) is 0 Å². The van der Waals surface area contributed by atoms with Crippen molar-refractivity contribution in [2.24, 2.45) is 0 Å². The predicted molar refractivity (Wildman–Crippen MR) is 59.8 cm³/mol. The zero-order valence-corrected chi connectivity index (χ0v) is 11.0. The molecule has 82 valence electrons. The van der Waals surface area contributed by atoms with Gasteiger partial charge in [0.15, 0.2) is 12.4 Å². The smallest absolute Gasteiger partial charge is 0.347 e. The second-order valence-electron chi connectivity index (χ2n) is 2.34. The van der Waals surface area contributed by atoms with E-state index in [9.17, 15) is 9.59 Å². The summed E-state index contributed by atoms with van der Waals surface area (Å²) in [5.41, 5.74) is 0. The van der Waals surface area contributed by atoms with Gasteiger partial charge in [-0.05, 0) is 31.9 Å². The SMILES string of the molecule is O=C(O)COc1c(Br)sc(C(=O)O)c1Br. The van der Waals surface area contributed by atoms with Crippen molar-refractivity contribution < 1.29 is 24.5 Å². The van der Waals surface area contributed by atoms with E-state index in [1.165, 1.54) is 0 Å². The first kappa shape index (κ1) is 12.5. The molecule has 0 radical (unpaired) electrons. The topological polar surface area (TPSA) is 83.8 Å². The summed E-state index contributed by atoms with van der Waals surface area (Å²) in [6, 6.07) is 0. The fraction of sp³-hybridized carbons (Fsp3) is 0.143. The summed E-state index contributed by atoms with van der Waals surface area (Å²) in [5.74, 6) is -2.03. The average molecular weight is 360 g/mol. The van der Waals surface area contributed by atoms with Crippen molar-refractivity contribution in [1.29, 1.82) is 0 Å². The maximum Gasteiger partial charge on any atom is 0.347 e.